The van der Waals surface area contributed by atoms with Crippen LogP contribution in [0.1, 0.15) is 43.2 Å². The molecule has 1 saturated heterocycles. The largest absolute Gasteiger partial charge is 0.393 e. The number of aliphatic hydroxyl groups excluding tert-OH is 1. The SMILES string of the molecule is Cc1cccc(CC2(CC(=O)N3CC(C#N)C3)C3CC4CC2CC(C3)C4O)c1. The van der Waals surface area contributed by atoms with Crippen LogP contribution >= 0.6 is 0 Å². The molecule has 0 unspecified atom stereocenters. The van der Waals surface area contributed by atoms with Crippen LogP contribution < -0.4 is 0 Å². The van der Waals surface area contributed by atoms with Gasteiger partial charge in [0.05, 0.1) is 18.1 Å². The Kier molecular flexibility index (Phi) is 4.28. The molecular weight excluding hydrogens is 348 g/mol. The fourth-order valence-corrected chi connectivity index (χ4v) is 7.06. The molecule has 6 rings (SSSR count). The summed E-state index contributed by atoms with van der Waals surface area (Å²) in [4.78, 5) is 15.1. The van der Waals surface area contributed by atoms with Crippen LogP contribution in [0.25, 0.3) is 0 Å². The van der Waals surface area contributed by atoms with E-state index in [1.165, 1.54) is 11.1 Å². The third kappa shape index (κ3) is 2.78. The van der Waals surface area contributed by atoms with Gasteiger partial charge >= 0.3 is 0 Å². The highest BCUT2D eigenvalue weighted by molar-refractivity contribution is 5.78. The van der Waals surface area contributed by atoms with Crippen molar-refractivity contribution < 1.29 is 9.90 Å². The number of hydrogen-bond acceptors (Lipinski definition) is 3. The molecule has 1 aliphatic heterocycles. The van der Waals surface area contributed by atoms with E-state index in [9.17, 15) is 9.90 Å². The van der Waals surface area contributed by atoms with E-state index in [4.69, 9.17) is 5.26 Å². The van der Waals surface area contributed by atoms with E-state index in [1.807, 2.05) is 4.90 Å². The van der Waals surface area contributed by atoms with Crippen LogP contribution in [0.2, 0.25) is 0 Å². The number of aliphatic hydroxyl groups is 1. The van der Waals surface area contributed by atoms with Crippen LogP contribution in [0.15, 0.2) is 24.3 Å². The van der Waals surface area contributed by atoms with Gasteiger partial charge in [-0.25, -0.2) is 0 Å². The lowest BCUT2D eigenvalue weighted by Gasteiger charge is -2.63. The normalized spacial score (nSPS) is 38.9. The highest BCUT2D eigenvalue weighted by Crippen LogP contribution is 2.64. The van der Waals surface area contributed by atoms with E-state index in [0.29, 0.717) is 43.2 Å². The zero-order valence-corrected chi connectivity index (χ0v) is 16.7. The number of rotatable bonds is 4. The number of carbonyl (C=O) groups is 1. The number of benzene rings is 1. The molecular formula is C24H30N2O2. The van der Waals surface area contributed by atoms with Gasteiger partial charge < -0.3 is 10.0 Å². The quantitative estimate of drug-likeness (QED) is 0.874. The van der Waals surface area contributed by atoms with Crippen LogP contribution in [0.4, 0.5) is 0 Å². The van der Waals surface area contributed by atoms with Gasteiger partial charge in [0.1, 0.15) is 0 Å². The number of amides is 1. The van der Waals surface area contributed by atoms with Crippen LogP contribution in [0.5, 0.6) is 0 Å². The van der Waals surface area contributed by atoms with Gasteiger partial charge in [0.25, 0.3) is 0 Å². The molecule has 4 saturated carbocycles. The lowest BCUT2D eigenvalue weighted by Crippen LogP contribution is -2.60. The Balaban J connectivity index is 1.44. The van der Waals surface area contributed by atoms with E-state index in [-0.39, 0.29) is 23.3 Å². The monoisotopic (exact) mass is 378 g/mol. The number of carbonyl (C=O) groups excluding carboxylic acids is 1. The van der Waals surface area contributed by atoms with Crippen LogP contribution in [-0.4, -0.2) is 35.1 Å². The molecule has 0 aromatic heterocycles. The van der Waals surface area contributed by atoms with Crippen LogP contribution in [0, 0.1) is 53.3 Å². The summed E-state index contributed by atoms with van der Waals surface area (Å²) in [6.45, 7) is 3.35. The zero-order chi connectivity index (χ0) is 19.5. The Hall–Kier alpha value is -1.86. The molecule has 28 heavy (non-hydrogen) atoms. The summed E-state index contributed by atoms with van der Waals surface area (Å²) < 4.78 is 0. The van der Waals surface area contributed by atoms with Crippen molar-refractivity contribution in [2.75, 3.05) is 13.1 Å². The molecule has 1 N–H and O–H groups in total. The highest BCUT2D eigenvalue weighted by atomic mass is 16.3. The molecule has 4 aliphatic carbocycles. The summed E-state index contributed by atoms with van der Waals surface area (Å²) in [5.74, 6) is 2.22. The van der Waals surface area contributed by atoms with Gasteiger partial charge in [-0.3, -0.25) is 4.79 Å². The zero-order valence-electron chi connectivity index (χ0n) is 16.7. The molecule has 0 spiro atoms. The molecule has 1 amide bonds. The lowest BCUT2D eigenvalue weighted by molar-refractivity contribution is -0.177. The van der Waals surface area contributed by atoms with Gasteiger partial charge in [0, 0.05) is 19.5 Å². The highest BCUT2D eigenvalue weighted by Gasteiger charge is 2.60. The second-order valence-corrected chi connectivity index (χ2v) is 10.0. The summed E-state index contributed by atoms with van der Waals surface area (Å²) in [5.41, 5.74) is 2.65. The molecule has 4 nitrogen and oxygen atoms in total. The maximum absolute atomic E-state index is 13.2. The Morgan fingerprint density at radius 1 is 1.21 bits per heavy atom. The van der Waals surface area contributed by atoms with Gasteiger partial charge in [0.2, 0.25) is 5.91 Å². The first-order valence-corrected chi connectivity index (χ1v) is 10.9. The molecule has 1 heterocycles. The minimum absolute atomic E-state index is 0.0188. The molecule has 1 aromatic rings. The maximum Gasteiger partial charge on any atom is 0.223 e. The van der Waals surface area contributed by atoms with Gasteiger partial charge in [0.15, 0.2) is 0 Å². The second kappa shape index (κ2) is 6.59. The molecule has 148 valence electrons. The number of nitriles is 1. The maximum atomic E-state index is 13.2. The van der Waals surface area contributed by atoms with Crippen molar-refractivity contribution in [3.63, 3.8) is 0 Å². The Morgan fingerprint density at radius 3 is 2.43 bits per heavy atom. The Labute approximate surface area is 167 Å². The summed E-state index contributed by atoms with van der Waals surface area (Å²) in [7, 11) is 0. The van der Waals surface area contributed by atoms with Gasteiger partial charge in [-0.15, -0.1) is 0 Å². The van der Waals surface area contributed by atoms with Gasteiger partial charge in [-0.1, -0.05) is 29.8 Å². The lowest BCUT2D eigenvalue weighted by atomic mass is 9.42. The molecule has 4 bridgehead atoms. The molecule has 4 heteroatoms. The molecule has 0 radical (unpaired) electrons. The van der Waals surface area contributed by atoms with Crippen molar-refractivity contribution in [3.8, 4) is 6.07 Å². The van der Waals surface area contributed by atoms with Crippen molar-refractivity contribution in [3.05, 3.63) is 35.4 Å². The minimum atomic E-state index is -0.119. The number of nitrogens with zero attached hydrogens (tertiary/aromatic N) is 2. The third-order valence-corrected chi connectivity index (χ3v) is 8.45. The van der Waals surface area contributed by atoms with Crippen molar-refractivity contribution in [1.29, 1.82) is 5.26 Å². The first-order chi connectivity index (χ1) is 13.5. The second-order valence-electron chi connectivity index (χ2n) is 10.0. The topological polar surface area (TPSA) is 64.3 Å². The van der Waals surface area contributed by atoms with Gasteiger partial charge in [-0.05, 0) is 73.7 Å². The Bertz CT molecular complexity index is 790. The molecule has 5 fully saturated rings. The first-order valence-electron chi connectivity index (χ1n) is 10.9. The summed E-state index contributed by atoms with van der Waals surface area (Å²) >= 11 is 0. The van der Waals surface area contributed by atoms with Crippen LogP contribution in [0.3, 0.4) is 0 Å². The average Bonchev–Trinajstić information content (AvgIpc) is 2.59. The average molecular weight is 379 g/mol. The smallest absolute Gasteiger partial charge is 0.223 e. The van der Waals surface area contributed by atoms with Crippen LogP contribution in [-0.2, 0) is 11.2 Å². The predicted molar refractivity (Wildman–Crippen MR) is 106 cm³/mol. The van der Waals surface area contributed by atoms with Crippen molar-refractivity contribution in [2.24, 2.45) is 35.0 Å². The van der Waals surface area contributed by atoms with Crippen molar-refractivity contribution in [2.45, 2.75) is 51.6 Å². The van der Waals surface area contributed by atoms with Crippen molar-refractivity contribution >= 4 is 5.91 Å². The van der Waals surface area contributed by atoms with Gasteiger partial charge in [-0.2, -0.15) is 5.26 Å². The number of aryl methyl sites for hydroxylation is 1. The summed E-state index contributed by atoms with van der Waals surface area (Å²) in [6.07, 6.45) is 5.78. The number of likely N-dealkylation sites (tertiary alicyclic amines) is 1. The third-order valence-electron chi connectivity index (χ3n) is 8.45. The summed E-state index contributed by atoms with van der Waals surface area (Å²) in [6, 6.07) is 11.0. The number of hydrogen-bond donors (Lipinski definition) is 1. The van der Waals surface area contributed by atoms with E-state index in [1.54, 1.807) is 0 Å². The molecule has 5 aliphatic rings. The molecule has 0 atom stereocenters. The van der Waals surface area contributed by atoms with E-state index in [2.05, 4.69) is 37.3 Å². The van der Waals surface area contributed by atoms with E-state index >= 15 is 0 Å². The summed E-state index contributed by atoms with van der Waals surface area (Å²) in [5, 5.41) is 19.6. The fraction of sp³-hybridized carbons (Fsp3) is 0.667. The van der Waals surface area contributed by atoms with E-state index in [0.717, 1.165) is 32.1 Å². The fourth-order valence-electron chi connectivity index (χ4n) is 7.06. The minimum Gasteiger partial charge on any atom is -0.393 e. The predicted octanol–water partition coefficient (Wildman–Crippen LogP) is 3.32. The standard InChI is InChI=1S/C24H30N2O2/c1-15-3-2-4-16(5-15)10-24(11-22(27)26-13-17(12-25)14-26)20-6-18-7-21(24)9-19(8-20)23(18)28/h2-5,17-21,23,28H,6-11,13-14H2,1H3. The van der Waals surface area contributed by atoms with E-state index < -0.39 is 0 Å². The van der Waals surface area contributed by atoms with Crippen molar-refractivity contribution in [1.82, 2.24) is 4.90 Å². The first kappa shape index (κ1) is 18.2. The Morgan fingerprint density at radius 2 is 1.86 bits per heavy atom. The molecule has 1 aromatic carbocycles.